The standard InChI is InChI=1S/C15H31/c1-14(2)12-10-8-6-5-7-9-11-13-15(3)4/h10,14-15H,5-9,11-13H2,1-4H3. The zero-order valence-electron chi connectivity index (χ0n) is 11.4. The lowest BCUT2D eigenvalue weighted by Crippen LogP contribution is -1.89. The van der Waals surface area contributed by atoms with Crippen molar-refractivity contribution in [1.29, 1.82) is 0 Å². The van der Waals surface area contributed by atoms with Gasteiger partial charge in [0, 0.05) is 0 Å². The largest absolute Gasteiger partial charge is 0.0628 e. The third-order valence-electron chi connectivity index (χ3n) is 2.83. The molecule has 0 spiro atoms. The zero-order valence-corrected chi connectivity index (χ0v) is 11.4. The molecule has 0 aliphatic heterocycles. The molecule has 0 N–H and O–H groups in total. The van der Waals surface area contributed by atoms with Gasteiger partial charge in [0.25, 0.3) is 0 Å². The monoisotopic (exact) mass is 211 g/mol. The smallest absolute Gasteiger partial charge is 0.0383 e. The number of unbranched alkanes of at least 4 members (excludes halogenated alkanes) is 6. The van der Waals surface area contributed by atoms with Crippen LogP contribution in [0.25, 0.3) is 0 Å². The van der Waals surface area contributed by atoms with Crippen molar-refractivity contribution in [3.8, 4) is 0 Å². The van der Waals surface area contributed by atoms with Gasteiger partial charge in [-0.1, -0.05) is 72.6 Å². The van der Waals surface area contributed by atoms with E-state index >= 15 is 0 Å². The van der Waals surface area contributed by atoms with Crippen molar-refractivity contribution in [2.75, 3.05) is 0 Å². The third kappa shape index (κ3) is 14.0. The Bertz CT molecular complexity index is 99.2. The van der Waals surface area contributed by atoms with E-state index in [1.54, 1.807) is 0 Å². The quantitative estimate of drug-likeness (QED) is 0.411. The Labute approximate surface area is 97.8 Å². The van der Waals surface area contributed by atoms with Crippen molar-refractivity contribution in [3.63, 3.8) is 0 Å². The summed E-state index contributed by atoms with van der Waals surface area (Å²) in [6, 6.07) is 0. The number of hydrogen-bond acceptors (Lipinski definition) is 0. The van der Waals surface area contributed by atoms with Crippen molar-refractivity contribution in [2.24, 2.45) is 11.8 Å². The minimum absolute atomic E-state index is 0.844. The first-order valence-corrected chi connectivity index (χ1v) is 6.94. The summed E-state index contributed by atoms with van der Waals surface area (Å²) in [6.07, 6.45) is 13.7. The molecule has 91 valence electrons. The Morgan fingerprint density at radius 1 is 0.733 bits per heavy atom. The fourth-order valence-corrected chi connectivity index (χ4v) is 1.82. The minimum atomic E-state index is 0.844. The Kier molecular flexibility index (Phi) is 10.5. The van der Waals surface area contributed by atoms with E-state index in [1.165, 1.54) is 51.4 Å². The fraction of sp³-hybridized carbons (Fsp3) is 0.933. The van der Waals surface area contributed by atoms with Crippen molar-refractivity contribution >= 4 is 0 Å². The van der Waals surface area contributed by atoms with Crippen LogP contribution in [0.5, 0.6) is 0 Å². The lowest BCUT2D eigenvalue weighted by molar-refractivity contribution is 0.512. The van der Waals surface area contributed by atoms with Crippen molar-refractivity contribution < 1.29 is 0 Å². The molecule has 0 unspecified atom stereocenters. The summed E-state index contributed by atoms with van der Waals surface area (Å²) in [4.78, 5) is 0. The molecule has 1 radical (unpaired) electrons. The van der Waals surface area contributed by atoms with Gasteiger partial charge < -0.3 is 0 Å². The molecule has 0 aromatic heterocycles. The predicted octanol–water partition coefficient (Wildman–Crippen LogP) is 5.62. The van der Waals surface area contributed by atoms with E-state index in [-0.39, 0.29) is 0 Å². The molecule has 0 rings (SSSR count). The SMILES string of the molecule is CC(C)C[CH]CCCCCCCC(C)C. The Hall–Kier alpha value is 0. The molecular formula is C15H31. The molecule has 0 saturated heterocycles. The van der Waals surface area contributed by atoms with E-state index in [0.717, 1.165) is 11.8 Å². The molecule has 0 fully saturated rings. The molecule has 0 saturated carbocycles. The van der Waals surface area contributed by atoms with E-state index in [9.17, 15) is 0 Å². The van der Waals surface area contributed by atoms with E-state index < -0.39 is 0 Å². The second-order valence-electron chi connectivity index (χ2n) is 5.66. The van der Waals surface area contributed by atoms with Gasteiger partial charge in [-0.05, 0) is 24.7 Å². The normalized spacial score (nSPS) is 11.6. The molecule has 0 amide bonds. The highest BCUT2D eigenvalue weighted by Crippen LogP contribution is 2.13. The van der Waals surface area contributed by atoms with Crippen LogP contribution in [-0.4, -0.2) is 0 Å². The Morgan fingerprint density at radius 2 is 1.33 bits per heavy atom. The van der Waals surface area contributed by atoms with Crippen LogP contribution in [-0.2, 0) is 0 Å². The number of hydrogen-bond donors (Lipinski definition) is 0. The van der Waals surface area contributed by atoms with Gasteiger partial charge in [-0.2, -0.15) is 0 Å². The van der Waals surface area contributed by atoms with Crippen LogP contribution in [0.1, 0.15) is 79.1 Å². The van der Waals surface area contributed by atoms with Crippen LogP contribution >= 0.6 is 0 Å². The summed E-state index contributed by atoms with van der Waals surface area (Å²) in [5.74, 6) is 1.74. The molecule has 0 bridgehead atoms. The van der Waals surface area contributed by atoms with E-state index in [2.05, 4.69) is 34.1 Å². The second-order valence-corrected chi connectivity index (χ2v) is 5.66. The average molecular weight is 211 g/mol. The van der Waals surface area contributed by atoms with Crippen molar-refractivity contribution in [3.05, 3.63) is 6.42 Å². The molecule has 15 heavy (non-hydrogen) atoms. The van der Waals surface area contributed by atoms with E-state index in [0.29, 0.717) is 0 Å². The van der Waals surface area contributed by atoms with E-state index in [4.69, 9.17) is 0 Å². The lowest BCUT2D eigenvalue weighted by atomic mass is 10.0. The molecule has 0 aromatic carbocycles. The minimum Gasteiger partial charge on any atom is -0.0628 e. The van der Waals surface area contributed by atoms with Crippen LogP contribution in [0.15, 0.2) is 0 Å². The highest BCUT2D eigenvalue weighted by atomic mass is 14.0. The molecule has 0 aliphatic carbocycles. The summed E-state index contributed by atoms with van der Waals surface area (Å²) in [5.41, 5.74) is 0. The van der Waals surface area contributed by atoms with Gasteiger partial charge in [0.1, 0.15) is 0 Å². The van der Waals surface area contributed by atoms with Gasteiger partial charge in [-0.25, -0.2) is 0 Å². The predicted molar refractivity (Wildman–Crippen MR) is 70.9 cm³/mol. The van der Waals surface area contributed by atoms with Gasteiger partial charge in [0.05, 0.1) is 0 Å². The first-order valence-electron chi connectivity index (χ1n) is 6.94. The lowest BCUT2D eigenvalue weighted by Gasteiger charge is -2.05. The van der Waals surface area contributed by atoms with Crippen LogP contribution in [0.4, 0.5) is 0 Å². The maximum absolute atomic E-state index is 2.47. The average Bonchev–Trinajstić information content (AvgIpc) is 2.14. The van der Waals surface area contributed by atoms with Gasteiger partial charge in [-0.3, -0.25) is 0 Å². The maximum atomic E-state index is 2.47. The fourth-order valence-electron chi connectivity index (χ4n) is 1.82. The molecular weight excluding hydrogens is 180 g/mol. The van der Waals surface area contributed by atoms with Gasteiger partial charge in [0.2, 0.25) is 0 Å². The highest BCUT2D eigenvalue weighted by Gasteiger charge is 1.96. The first-order chi connectivity index (χ1) is 7.13. The number of rotatable bonds is 10. The van der Waals surface area contributed by atoms with E-state index in [1.807, 2.05) is 0 Å². The Balaban J connectivity index is 2.93. The zero-order chi connectivity index (χ0) is 11.5. The Morgan fingerprint density at radius 3 is 1.93 bits per heavy atom. The molecule has 0 aliphatic rings. The molecule has 0 nitrogen and oxygen atoms in total. The summed E-state index contributed by atoms with van der Waals surface area (Å²) in [7, 11) is 0. The molecule has 0 aromatic rings. The van der Waals surface area contributed by atoms with Gasteiger partial charge in [0.15, 0.2) is 0 Å². The summed E-state index contributed by atoms with van der Waals surface area (Å²) < 4.78 is 0. The first kappa shape index (κ1) is 15.0. The molecule has 0 heterocycles. The van der Waals surface area contributed by atoms with Crippen LogP contribution < -0.4 is 0 Å². The maximum Gasteiger partial charge on any atom is -0.0383 e. The van der Waals surface area contributed by atoms with Gasteiger partial charge >= 0.3 is 0 Å². The van der Waals surface area contributed by atoms with Crippen LogP contribution in [0.2, 0.25) is 0 Å². The molecule has 0 atom stereocenters. The molecule has 0 heteroatoms. The van der Waals surface area contributed by atoms with Crippen LogP contribution in [0, 0.1) is 18.3 Å². The second kappa shape index (κ2) is 10.5. The summed E-state index contributed by atoms with van der Waals surface area (Å²) >= 11 is 0. The summed E-state index contributed by atoms with van der Waals surface area (Å²) in [5, 5.41) is 0. The van der Waals surface area contributed by atoms with Crippen molar-refractivity contribution in [2.45, 2.75) is 79.1 Å². The topological polar surface area (TPSA) is 0 Å². The van der Waals surface area contributed by atoms with Gasteiger partial charge in [-0.15, -0.1) is 0 Å². The third-order valence-corrected chi connectivity index (χ3v) is 2.83. The highest BCUT2D eigenvalue weighted by molar-refractivity contribution is 4.66. The van der Waals surface area contributed by atoms with Crippen LogP contribution in [0.3, 0.4) is 0 Å². The van der Waals surface area contributed by atoms with Crippen molar-refractivity contribution in [1.82, 2.24) is 0 Å². The summed E-state index contributed by atoms with van der Waals surface area (Å²) in [6.45, 7) is 9.23.